The number of benzene rings is 2. The predicted molar refractivity (Wildman–Crippen MR) is 90.8 cm³/mol. The molecule has 0 amide bonds. The average Bonchev–Trinajstić information content (AvgIpc) is 2.53. The van der Waals surface area contributed by atoms with Crippen LogP contribution >= 0.6 is 31.9 Å². The van der Waals surface area contributed by atoms with Crippen LogP contribution in [0.25, 0.3) is 0 Å². The molecular formula is C16H16Br2O3. The molecule has 0 spiro atoms. The maximum atomic E-state index is 5.81. The van der Waals surface area contributed by atoms with E-state index in [9.17, 15) is 0 Å². The van der Waals surface area contributed by atoms with Crippen LogP contribution in [0.3, 0.4) is 0 Å². The molecule has 2 aromatic carbocycles. The summed E-state index contributed by atoms with van der Waals surface area (Å²) in [6, 6.07) is 13.5. The summed E-state index contributed by atoms with van der Waals surface area (Å²) >= 11 is 6.84. The van der Waals surface area contributed by atoms with E-state index in [2.05, 4.69) is 31.9 Å². The Morgan fingerprint density at radius 2 is 1.67 bits per heavy atom. The number of para-hydroxylation sites is 1. The molecule has 0 radical (unpaired) electrons. The highest BCUT2D eigenvalue weighted by Gasteiger charge is 2.09. The lowest BCUT2D eigenvalue weighted by molar-refractivity contribution is 0.210. The van der Waals surface area contributed by atoms with Gasteiger partial charge in [-0.2, -0.15) is 0 Å². The maximum Gasteiger partial charge on any atom is 0.165 e. The summed E-state index contributed by atoms with van der Waals surface area (Å²) in [5.74, 6) is 2.31. The van der Waals surface area contributed by atoms with Crippen LogP contribution in [0.4, 0.5) is 0 Å². The van der Waals surface area contributed by atoms with Crippen LogP contribution in [0.5, 0.6) is 17.2 Å². The van der Waals surface area contributed by atoms with Gasteiger partial charge in [0.2, 0.25) is 0 Å². The molecule has 0 aliphatic carbocycles. The minimum absolute atomic E-state index is 0.455. The first-order valence-electron chi connectivity index (χ1n) is 6.47. The first-order chi connectivity index (χ1) is 10.2. The zero-order chi connectivity index (χ0) is 15.1. The molecule has 21 heavy (non-hydrogen) atoms. The zero-order valence-electron chi connectivity index (χ0n) is 11.6. The lowest BCUT2D eigenvalue weighted by atomic mass is 10.2. The van der Waals surface area contributed by atoms with Crippen LogP contribution < -0.4 is 14.2 Å². The first kappa shape index (κ1) is 16.2. The van der Waals surface area contributed by atoms with Gasteiger partial charge in [-0.1, -0.05) is 44.0 Å². The quantitative estimate of drug-likeness (QED) is 0.479. The summed E-state index contributed by atoms with van der Waals surface area (Å²) in [5.41, 5.74) is 1.05. The summed E-state index contributed by atoms with van der Waals surface area (Å²) in [5, 5.41) is 0.715. The molecule has 0 aliphatic heterocycles. The van der Waals surface area contributed by atoms with E-state index in [0.717, 1.165) is 27.3 Å². The summed E-state index contributed by atoms with van der Waals surface area (Å²) < 4.78 is 17.8. The summed E-state index contributed by atoms with van der Waals surface area (Å²) in [6.07, 6.45) is 0. The standard InChI is InChI=1S/C16H16Br2O3/c1-19-15-4-2-3-12(11-17)16(15)21-10-9-20-14-7-5-13(18)6-8-14/h2-8H,9-11H2,1H3. The lowest BCUT2D eigenvalue weighted by Gasteiger charge is -2.14. The van der Waals surface area contributed by atoms with Crippen molar-refractivity contribution in [1.29, 1.82) is 0 Å². The highest BCUT2D eigenvalue weighted by Crippen LogP contribution is 2.32. The second kappa shape index (κ2) is 8.29. The molecule has 0 heterocycles. The van der Waals surface area contributed by atoms with Crippen LogP contribution in [0.1, 0.15) is 5.56 Å². The summed E-state index contributed by atoms with van der Waals surface area (Å²) in [7, 11) is 1.64. The van der Waals surface area contributed by atoms with E-state index in [4.69, 9.17) is 14.2 Å². The third-order valence-corrected chi connectivity index (χ3v) is 3.97. The van der Waals surface area contributed by atoms with E-state index in [0.29, 0.717) is 18.5 Å². The highest BCUT2D eigenvalue weighted by atomic mass is 79.9. The molecule has 2 aromatic rings. The molecular weight excluding hydrogens is 400 g/mol. The summed E-state index contributed by atoms with van der Waals surface area (Å²) in [4.78, 5) is 0. The fourth-order valence-corrected chi connectivity index (χ4v) is 2.53. The van der Waals surface area contributed by atoms with Gasteiger partial charge in [0.05, 0.1) is 7.11 Å². The van der Waals surface area contributed by atoms with Gasteiger partial charge in [0, 0.05) is 15.4 Å². The van der Waals surface area contributed by atoms with Gasteiger partial charge in [0.15, 0.2) is 11.5 Å². The molecule has 5 heteroatoms. The molecule has 0 aromatic heterocycles. The van der Waals surface area contributed by atoms with Gasteiger partial charge in [-0.05, 0) is 30.3 Å². The average molecular weight is 416 g/mol. The van der Waals surface area contributed by atoms with Crippen LogP contribution in [0.2, 0.25) is 0 Å². The normalized spacial score (nSPS) is 10.2. The monoisotopic (exact) mass is 414 g/mol. The fourth-order valence-electron chi connectivity index (χ4n) is 1.83. The van der Waals surface area contributed by atoms with Gasteiger partial charge < -0.3 is 14.2 Å². The van der Waals surface area contributed by atoms with Crippen molar-refractivity contribution in [1.82, 2.24) is 0 Å². The van der Waals surface area contributed by atoms with Crippen molar-refractivity contribution in [2.24, 2.45) is 0 Å². The second-order valence-electron chi connectivity index (χ2n) is 4.23. The SMILES string of the molecule is COc1cccc(CBr)c1OCCOc1ccc(Br)cc1. The van der Waals surface area contributed by atoms with Crippen molar-refractivity contribution in [3.05, 3.63) is 52.5 Å². The summed E-state index contributed by atoms with van der Waals surface area (Å²) in [6.45, 7) is 0.928. The Balaban J connectivity index is 1.90. The van der Waals surface area contributed by atoms with Gasteiger partial charge in [0.1, 0.15) is 19.0 Å². The van der Waals surface area contributed by atoms with E-state index in [1.165, 1.54) is 0 Å². The van der Waals surface area contributed by atoms with Gasteiger partial charge >= 0.3 is 0 Å². The number of hydrogen-bond donors (Lipinski definition) is 0. The number of ether oxygens (including phenoxy) is 3. The molecule has 3 nitrogen and oxygen atoms in total. The topological polar surface area (TPSA) is 27.7 Å². The number of rotatable bonds is 7. The van der Waals surface area contributed by atoms with Gasteiger partial charge in [-0.25, -0.2) is 0 Å². The van der Waals surface area contributed by atoms with Crippen molar-refractivity contribution < 1.29 is 14.2 Å². The van der Waals surface area contributed by atoms with Crippen LogP contribution in [0, 0.1) is 0 Å². The van der Waals surface area contributed by atoms with Crippen molar-refractivity contribution in [3.8, 4) is 17.2 Å². The van der Waals surface area contributed by atoms with Crippen LogP contribution in [0.15, 0.2) is 46.9 Å². The second-order valence-corrected chi connectivity index (χ2v) is 5.71. The minimum atomic E-state index is 0.455. The zero-order valence-corrected chi connectivity index (χ0v) is 14.8. The van der Waals surface area contributed by atoms with Crippen LogP contribution in [-0.4, -0.2) is 20.3 Å². The van der Waals surface area contributed by atoms with Crippen molar-refractivity contribution in [2.75, 3.05) is 20.3 Å². The Kier molecular flexibility index (Phi) is 6.39. The Labute approximate surface area is 141 Å². The Bertz CT molecular complexity index is 548. The molecule has 112 valence electrons. The van der Waals surface area contributed by atoms with E-state index >= 15 is 0 Å². The molecule has 0 unspecified atom stereocenters. The number of methoxy groups -OCH3 is 1. The molecule has 0 saturated heterocycles. The third-order valence-electron chi connectivity index (χ3n) is 2.84. The molecule has 0 N–H and O–H groups in total. The molecule has 0 fully saturated rings. The van der Waals surface area contributed by atoms with Gasteiger partial charge in [-0.15, -0.1) is 0 Å². The van der Waals surface area contributed by atoms with Crippen molar-refractivity contribution in [2.45, 2.75) is 5.33 Å². The molecule has 2 rings (SSSR count). The van der Waals surface area contributed by atoms with E-state index < -0.39 is 0 Å². The largest absolute Gasteiger partial charge is 0.493 e. The fraction of sp³-hybridized carbons (Fsp3) is 0.250. The first-order valence-corrected chi connectivity index (χ1v) is 8.39. The molecule has 0 atom stereocenters. The van der Waals surface area contributed by atoms with E-state index in [1.807, 2.05) is 42.5 Å². The Hall–Kier alpha value is -1.20. The van der Waals surface area contributed by atoms with Gasteiger partial charge in [-0.3, -0.25) is 0 Å². The van der Waals surface area contributed by atoms with Crippen LogP contribution in [-0.2, 0) is 5.33 Å². The minimum Gasteiger partial charge on any atom is -0.493 e. The Morgan fingerprint density at radius 3 is 2.33 bits per heavy atom. The highest BCUT2D eigenvalue weighted by molar-refractivity contribution is 9.10. The van der Waals surface area contributed by atoms with Crippen molar-refractivity contribution >= 4 is 31.9 Å². The van der Waals surface area contributed by atoms with E-state index in [1.54, 1.807) is 7.11 Å². The third kappa shape index (κ3) is 4.64. The number of alkyl halides is 1. The number of hydrogen-bond acceptors (Lipinski definition) is 3. The maximum absolute atomic E-state index is 5.81. The predicted octanol–water partition coefficient (Wildman–Crippen LogP) is 4.81. The molecule has 0 saturated carbocycles. The molecule has 0 bridgehead atoms. The van der Waals surface area contributed by atoms with E-state index in [-0.39, 0.29) is 0 Å². The lowest BCUT2D eigenvalue weighted by Crippen LogP contribution is -2.10. The smallest absolute Gasteiger partial charge is 0.165 e. The number of halogens is 2. The molecule has 0 aliphatic rings. The Morgan fingerprint density at radius 1 is 0.952 bits per heavy atom. The van der Waals surface area contributed by atoms with Crippen molar-refractivity contribution in [3.63, 3.8) is 0 Å². The van der Waals surface area contributed by atoms with Gasteiger partial charge in [0.25, 0.3) is 0 Å².